The van der Waals surface area contributed by atoms with Crippen molar-refractivity contribution in [2.24, 2.45) is 5.41 Å². The molecule has 0 unspecified atom stereocenters. The van der Waals surface area contributed by atoms with Crippen LogP contribution in [0.4, 0.5) is 5.95 Å². The summed E-state index contributed by atoms with van der Waals surface area (Å²) >= 11 is 0. The van der Waals surface area contributed by atoms with E-state index in [0.29, 0.717) is 0 Å². The number of nitrogens with zero attached hydrogens (tertiary/aromatic N) is 3. The summed E-state index contributed by atoms with van der Waals surface area (Å²) in [5.74, 6) is 0.0404. The lowest BCUT2D eigenvalue weighted by Crippen LogP contribution is -2.30. The minimum Gasteiger partial charge on any atom is -0.481 e. The van der Waals surface area contributed by atoms with E-state index in [1.807, 2.05) is 6.07 Å². The van der Waals surface area contributed by atoms with Crippen LogP contribution in [0.25, 0.3) is 0 Å². The Kier molecular flexibility index (Phi) is 4.05. The summed E-state index contributed by atoms with van der Waals surface area (Å²) in [6.45, 7) is 3.00. The molecule has 1 heterocycles. The Labute approximate surface area is 105 Å². The highest BCUT2D eigenvalue weighted by molar-refractivity contribution is 5.95. The lowest BCUT2D eigenvalue weighted by Gasteiger charge is -2.14. The zero-order valence-corrected chi connectivity index (χ0v) is 10.6. The molecule has 7 heteroatoms. The Balaban J connectivity index is 2.98. The van der Waals surface area contributed by atoms with Crippen LogP contribution in [0.1, 0.15) is 13.8 Å². The maximum absolute atomic E-state index is 11.8. The number of carbonyl (C=O) groups excluding carboxylic acids is 1. The van der Waals surface area contributed by atoms with E-state index in [1.54, 1.807) is 0 Å². The van der Waals surface area contributed by atoms with Crippen LogP contribution in [0.15, 0.2) is 6.07 Å². The van der Waals surface area contributed by atoms with Gasteiger partial charge >= 0.3 is 0 Å². The van der Waals surface area contributed by atoms with Crippen LogP contribution in [0.5, 0.6) is 11.8 Å². The van der Waals surface area contributed by atoms with Crippen molar-refractivity contribution in [3.05, 3.63) is 6.07 Å². The van der Waals surface area contributed by atoms with E-state index < -0.39 is 11.3 Å². The summed E-state index contributed by atoms with van der Waals surface area (Å²) in [6.07, 6.45) is 0. The van der Waals surface area contributed by atoms with Gasteiger partial charge in [-0.15, -0.1) is 0 Å². The second-order valence-electron chi connectivity index (χ2n) is 3.97. The van der Waals surface area contributed by atoms with Crippen LogP contribution >= 0.6 is 0 Å². The van der Waals surface area contributed by atoms with Gasteiger partial charge in [-0.3, -0.25) is 10.1 Å². The fraction of sp³-hybridized carbons (Fsp3) is 0.455. The summed E-state index contributed by atoms with van der Waals surface area (Å²) in [5, 5.41) is 11.3. The molecule has 1 rings (SSSR count). The van der Waals surface area contributed by atoms with Gasteiger partial charge in [0.25, 0.3) is 0 Å². The molecule has 0 radical (unpaired) electrons. The second-order valence-corrected chi connectivity index (χ2v) is 3.97. The number of methoxy groups -OCH3 is 2. The number of hydrogen-bond acceptors (Lipinski definition) is 6. The number of nitriles is 1. The van der Waals surface area contributed by atoms with Gasteiger partial charge in [-0.05, 0) is 13.8 Å². The monoisotopic (exact) mass is 250 g/mol. The van der Waals surface area contributed by atoms with Crippen LogP contribution in [0, 0.1) is 16.7 Å². The minimum atomic E-state index is -1.17. The Morgan fingerprint density at radius 1 is 1.33 bits per heavy atom. The fourth-order valence-electron chi connectivity index (χ4n) is 0.978. The van der Waals surface area contributed by atoms with Crippen molar-refractivity contribution in [3.8, 4) is 17.8 Å². The quantitative estimate of drug-likeness (QED) is 0.855. The van der Waals surface area contributed by atoms with Gasteiger partial charge in [-0.1, -0.05) is 0 Å². The third-order valence-corrected chi connectivity index (χ3v) is 2.17. The number of ether oxygens (including phenoxy) is 2. The van der Waals surface area contributed by atoms with Gasteiger partial charge in [0.1, 0.15) is 5.41 Å². The zero-order valence-electron chi connectivity index (χ0n) is 10.6. The van der Waals surface area contributed by atoms with Crippen molar-refractivity contribution in [1.82, 2.24) is 9.97 Å². The van der Waals surface area contributed by atoms with Crippen molar-refractivity contribution in [2.75, 3.05) is 19.5 Å². The second kappa shape index (κ2) is 5.31. The van der Waals surface area contributed by atoms with Crippen molar-refractivity contribution < 1.29 is 14.3 Å². The summed E-state index contributed by atoms with van der Waals surface area (Å²) in [4.78, 5) is 19.6. The van der Waals surface area contributed by atoms with Crippen LogP contribution in [0.2, 0.25) is 0 Å². The molecule has 0 aliphatic carbocycles. The van der Waals surface area contributed by atoms with Gasteiger partial charge in [0.05, 0.1) is 26.4 Å². The SMILES string of the molecule is COc1cc(OC)nc(NC(=O)C(C)(C)C#N)n1. The van der Waals surface area contributed by atoms with Gasteiger partial charge in [0.2, 0.25) is 23.6 Å². The molecular formula is C11H14N4O3. The summed E-state index contributed by atoms with van der Waals surface area (Å²) < 4.78 is 9.89. The highest BCUT2D eigenvalue weighted by Crippen LogP contribution is 2.20. The molecule has 96 valence electrons. The Bertz CT molecular complexity index is 471. The molecular weight excluding hydrogens is 236 g/mol. The summed E-state index contributed by atoms with van der Waals surface area (Å²) in [7, 11) is 2.87. The number of aromatic nitrogens is 2. The molecule has 18 heavy (non-hydrogen) atoms. The molecule has 0 saturated carbocycles. The first kappa shape index (κ1) is 13.7. The molecule has 0 aromatic carbocycles. The molecule has 0 spiro atoms. The number of amides is 1. The van der Waals surface area contributed by atoms with Crippen molar-refractivity contribution in [1.29, 1.82) is 5.26 Å². The minimum absolute atomic E-state index is 0.0273. The molecule has 0 saturated heterocycles. The highest BCUT2D eigenvalue weighted by atomic mass is 16.5. The van der Waals surface area contributed by atoms with Crippen LogP contribution in [-0.4, -0.2) is 30.1 Å². The lowest BCUT2D eigenvalue weighted by molar-refractivity contribution is -0.121. The van der Waals surface area contributed by atoms with Gasteiger partial charge in [0, 0.05) is 0 Å². The van der Waals surface area contributed by atoms with Crippen LogP contribution in [0.3, 0.4) is 0 Å². The summed E-state index contributed by atoms with van der Waals surface area (Å²) in [6, 6.07) is 3.37. The van der Waals surface area contributed by atoms with Crippen molar-refractivity contribution >= 4 is 11.9 Å². The third kappa shape index (κ3) is 3.07. The molecule has 0 bridgehead atoms. The van der Waals surface area contributed by atoms with E-state index in [9.17, 15) is 4.79 Å². The molecule has 0 aliphatic heterocycles. The number of carbonyl (C=O) groups is 1. The van der Waals surface area contributed by atoms with Crippen molar-refractivity contribution in [2.45, 2.75) is 13.8 Å². The van der Waals surface area contributed by atoms with Crippen LogP contribution in [-0.2, 0) is 4.79 Å². The predicted molar refractivity (Wildman–Crippen MR) is 63.2 cm³/mol. The Morgan fingerprint density at radius 2 is 1.83 bits per heavy atom. The number of anilines is 1. The molecule has 1 amide bonds. The largest absolute Gasteiger partial charge is 0.481 e. The van der Waals surface area contributed by atoms with Gasteiger partial charge in [-0.25, -0.2) is 0 Å². The number of nitrogens with one attached hydrogen (secondary N) is 1. The Hall–Kier alpha value is -2.36. The van der Waals surface area contributed by atoms with E-state index in [0.717, 1.165) is 0 Å². The molecule has 0 atom stereocenters. The van der Waals surface area contributed by atoms with Gasteiger partial charge < -0.3 is 9.47 Å². The third-order valence-electron chi connectivity index (χ3n) is 2.17. The molecule has 1 N–H and O–H groups in total. The smallest absolute Gasteiger partial charge is 0.246 e. The molecule has 0 fully saturated rings. The first-order chi connectivity index (χ1) is 8.42. The normalized spacial score (nSPS) is 10.4. The standard InChI is InChI=1S/C11H14N4O3/c1-11(2,6-12)9(16)15-10-13-7(17-3)5-8(14-10)18-4/h5H,1-4H3,(H,13,14,15,16). The zero-order chi connectivity index (χ0) is 13.8. The van der Waals surface area contributed by atoms with Crippen molar-refractivity contribution in [3.63, 3.8) is 0 Å². The first-order valence-electron chi connectivity index (χ1n) is 5.12. The maximum atomic E-state index is 11.8. The average molecular weight is 250 g/mol. The van der Waals surface area contributed by atoms with E-state index in [1.165, 1.54) is 34.1 Å². The van der Waals surface area contributed by atoms with E-state index in [4.69, 9.17) is 14.7 Å². The molecule has 7 nitrogen and oxygen atoms in total. The maximum Gasteiger partial charge on any atom is 0.246 e. The van der Waals surface area contributed by atoms with Crippen LogP contribution < -0.4 is 14.8 Å². The number of hydrogen-bond donors (Lipinski definition) is 1. The number of rotatable bonds is 4. The van der Waals surface area contributed by atoms with E-state index in [2.05, 4.69) is 15.3 Å². The fourth-order valence-corrected chi connectivity index (χ4v) is 0.978. The van der Waals surface area contributed by atoms with E-state index in [-0.39, 0.29) is 17.7 Å². The molecule has 1 aromatic rings. The van der Waals surface area contributed by atoms with Gasteiger partial charge in [-0.2, -0.15) is 15.2 Å². The topological polar surface area (TPSA) is 97.1 Å². The lowest BCUT2D eigenvalue weighted by atomic mass is 9.95. The molecule has 0 aliphatic rings. The summed E-state index contributed by atoms with van der Waals surface area (Å²) in [5.41, 5.74) is -1.17. The Morgan fingerprint density at radius 3 is 2.22 bits per heavy atom. The predicted octanol–water partition coefficient (Wildman–Crippen LogP) is 0.982. The first-order valence-corrected chi connectivity index (χ1v) is 5.12. The van der Waals surface area contributed by atoms with E-state index >= 15 is 0 Å². The van der Waals surface area contributed by atoms with Gasteiger partial charge in [0.15, 0.2) is 0 Å². The average Bonchev–Trinajstić information content (AvgIpc) is 2.37. The highest BCUT2D eigenvalue weighted by Gasteiger charge is 2.28. The molecule has 1 aromatic heterocycles.